The Labute approximate surface area is 261 Å². The van der Waals surface area contributed by atoms with Crippen molar-refractivity contribution in [2.24, 2.45) is 34.5 Å². The van der Waals surface area contributed by atoms with E-state index in [1.165, 1.54) is 103 Å². The molecule has 0 radical (unpaired) electrons. The molecule has 2 saturated heterocycles. The summed E-state index contributed by atoms with van der Waals surface area (Å²) in [6.45, 7) is 10.1. The molecule has 10 atom stereocenters. The molecule has 2 aliphatic heterocycles. The molecule has 238 valence electrons. The van der Waals surface area contributed by atoms with Crippen molar-refractivity contribution in [3.8, 4) is 0 Å². The van der Waals surface area contributed by atoms with Gasteiger partial charge in [-0.3, -0.25) is 0 Å². The van der Waals surface area contributed by atoms with Crippen LogP contribution < -0.4 is 0 Å². The fourth-order valence-electron chi connectivity index (χ4n) is 12.5. The minimum absolute atomic E-state index is 0.000483. The van der Waals surface area contributed by atoms with Gasteiger partial charge in [-0.15, -0.1) is 0 Å². The van der Waals surface area contributed by atoms with Crippen molar-refractivity contribution in [3.05, 3.63) is 35.9 Å². The van der Waals surface area contributed by atoms with E-state index >= 15 is 0 Å². The van der Waals surface area contributed by atoms with Crippen molar-refractivity contribution < 1.29 is 23.6 Å². The summed E-state index contributed by atoms with van der Waals surface area (Å²) in [5, 5.41) is 12.0. The Bertz CT molecular complexity index is 1160. The normalized spacial score (nSPS) is 45.3. The van der Waals surface area contributed by atoms with Crippen LogP contribution in [-0.2, 0) is 4.74 Å². The highest BCUT2D eigenvalue weighted by Gasteiger charge is 2.66. The Balaban J connectivity index is 1.16. The standard InChI is InChI=1S/C38H60N2O3/c1-37-19-18-30-29(31(37)25-32(35(37)41)39(3)20-10-6-11-21-39)17-16-28-24-34(43-36(42)27-14-8-5-9-15-27)33(26-38(28,30)2)40(4)22-12-7-13-23-40/h5,8-9,14-15,28-35,41H,6-7,10-13,16-26H2,1-4H3/q+2/t28-,29+,30-,31-,32?,33?,34-,35-,37-,38-/m0/s1. The second kappa shape index (κ2) is 11.1. The number of esters is 1. The minimum Gasteiger partial charge on any atom is -0.452 e. The molecule has 0 amide bonds. The van der Waals surface area contributed by atoms with Crippen molar-refractivity contribution in [1.29, 1.82) is 0 Å². The van der Waals surface area contributed by atoms with Gasteiger partial charge >= 0.3 is 5.97 Å². The number of benzene rings is 1. The number of nitrogens with zero attached hydrogens (tertiary/aromatic N) is 2. The monoisotopic (exact) mass is 592 g/mol. The molecule has 1 N–H and O–H groups in total. The SMILES string of the molecule is C[C@]12CC([N+]3(C)CCCCC3)[C@@H](OC(=O)c3ccccc3)C[C@@H]1CC[C@@H]1[C@@H]2CC[C@]2(C)[C@@H](O)C([N+]3(C)CCCCC3)C[C@@H]12. The first-order chi connectivity index (χ1) is 20.6. The molecule has 7 rings (SSSR count). The van der Waals surface area contributed by atoms with Gasteiger partial charge in [-0.2, -0.15) is 0 Å². The summed E-state index contributed by atoms with van der Waals surface area (Å²) in [6.07, 6.45) is 16.2. The Hall–Kier alpha value is -1.43. The second-order valence-corrected chi connectivity index (χ2v) is 17.2. The molecular formula is C38H60N2O3+2. The van der Waals surface area contributed by atoms with Gasteiger partial charge in [-0.25, -0.2) is 4.79 Å². The molecule has 5 nitrogen and oxygen atoms in total. The molecule has 1 aromatic carbocycles. The fraction of sp³-hybridized carbons (Fsp3) is 0.816. The third-order valence-electron chi connectivity index (χ3n) is 15.2. The fourth-order valence-corrected chi connectivity index (χ4v) is 12.5. The van der Waals surface area contributed by atoms with Gasteiger partial charge in [-0.05, 0) is 112 Å². The Morgan fingerprint density at radius 2 is 1.42 bits per heavy atom. The molecule has 4 aliphatic carbocycles. The number of rotatable bonds is 4. The average Bonchev–Trinajstić information content (AvgIpc) is 3.29. The topological polar surface area (TPSA) is 46.5 Å². The van der Waals surface area contributed by atoms with E-state index < -0.39 is 0 Å². The van der Waals surface area contributed by atoms with Crippen LogP contribution in [0.1, 0.15) is 108 Å². The lowest BCUT2D eigenvalue weighted by atomic mass is 9.44. The number of aliphatic hydroxyl groups is 1. The van der Waals surface area contributed by atoms with Crippen LogP contribution in [0, 0.1) is 34.5 Å². The molecule has 0 spiro atoms. The molecule has 4 saturated carbocycles. The summed E-state index contributed by atoms with van der Waals surface area (Å²) in [5.74, 6) is 2.59. The van der Waals surface area contributed by atoms with Crippen molar-refractivity contribution in [2.45, 2.75) is 122 Å². The number of hydrogen-bond donors (Lipinski definition) is 1. The lowest BCUT2D eigenvalue weighted by Crippen LogP contribution is -2.66. The third kappa shape index (κ3) is 4.94. The number of quaternary nitrogens is 2. The number of hydrogen-bond acceptors (Lipinski definition) is 3. The number of ether oxygens (including phenoxy) is 1. The maximum Gasteiger partial charge on any atom is 0.338 e. The Morgan fingerprint density at radius 3 is 2.07 bits per heavy atom. The number of carbonyl (C=O) groups excluding carboxylic acids is 1. The van der Waals surface area contributed by atoms with Crippen LogP contribution in [0.3, 0.4) is 0 Å². The van der Waals surface area contributed by atoms with E-state index in [1.54, 1.807) is 0 Å². The summed E-state index contributed by atoms with van der Waals surface area (Å²) >= 11 is 0. The van der Waals surface area contributed by atoms with Crippen molar-refractivity contribution in [1.82, 2.24) is 0 Å². The van der Waals surface area contributed by atoms with Crippen LogP contribution in [0.25, 0.3) is 0 Å². The van der Waals surface area contributed by atoms with E-state index in [-0.39, 0.29) is 29.0 Å². The lowest BCUT2D eigenvalue weighted by molar-refractivity contribution is -0.943. The van der Waals surface area contributed by atoms with Crippen molar-refractivity contribution in [2.75, 3.05) is 40.3 Å². The maximum absolute atomic E-state index is 13.4. The first kappa shape index (κ1) is 30.2. The summed E-state index contributed by atoms with van der Waals surface area (Å²) in [7, 11) is 4.95. The highest BCUT2D eigenvalue weighted by molar-refractivity contribution is 5.89. The summed E-state index contributed by atoms with van der Waals surface area (Å²) in [4.78, 5) is 13.4. The minimum atomic E-state index is -0.161. The highest BCUT2D eigenvalue weighted by Crippen LogP contribution is 2.67. The predicted octanol–water partition coefficient (Wildman–Crippen LogP) is 6.83. The quantitative estimate of drug-likeness (QED) is 0.308. The average molecular weight is 593 g/mol. The van der Waals surface area contributed by atoms with Gasteiger partial charge in [0.2, 0.25) is 0 Å². The van der Waals surface area contributed by atoms with Crippen LogP contribution >= 0.6 is 0 Å². The number of piperidine rings is 2. The summed E-state index contributed by atoms with van der Waals surface area (Å²) < 4.78 is 8.72. The van der Waals surface area contributed by atoms with Crippen LogP contribution in [0.4, 0.5) is 0 Å². The zero-order valence-electron chi connectivity index (χ0n) is 27.7. The largest absolute Gasteiger partial charge is 0.452 e. The zero-order chi connectivity index (χ0) is 30.0. The van der Waals surface area contributed by atoms with E-state index in [2.05, 4.69) is 27.9 Å². The van der Waals surface area contributed by atoms with Crippen LogP contribution in [0.5, 0.6) is 0 Å². The number of aliphatic hydroxyl groups excluding tert-OH is 1. The van der Waals surface area contributed by atoms with Gasteiger partial charge in [-0.1, -0.05) is 32.0 Å². The van der Waals surface area contributed by atoms with E-state index in [4.69, 9.17) is 4.74 Å². The lowest BCUT2D eigenvalue weighted by Gasteiger charge is -2.63. The molecule has 0 bridgehead atoms. The number of likely N-dealkylation sites (N-methyl/N-ethyl adjacent to an activating group) is 2. The molecule has 2 unspecified atom stereocenters. The number of likely N-dealkylation sites (tertiary alicyclic amines) is 2. The molecule has 6 fully saturated rings. The van der Waals surface area contributed by atoms with Gasteiger partial charge < -0.3 is 18.8 Å². The van der Waals surface area contributed by atoms with E-state index in [9.17, 15) is 9.90 Å². The molecule has 6 aliphatic rings. The van der Waals surface area contributed by atoms with Crippen LogP contribution in [0.2, 0.25) is 0 Å². The van der Waals surface area contributed by atoms with Gasteiger partial charge in [0.05, 0.1) is 45.8 Å². The first-order valence-electron chi connectivity index (χ1n) is 18.2. The summed E-state index contributed by atoms with van der Waals surface area (Å²) in [6, 6.07) is 10.5. The van der Waals surface area contributed by atoms with Crippen molar-refractivity contribution in [3.63, 3.8) is 0 Å². The molecule has 43 heavy (non-hydrogen) atoms. The molecule has 5 heteroatoms. The van der Waals surface area contributed by atoms with E-state index in [1.807, 2.05) is 30.3 Å². The van der Waals surface area contributed by atoms with Crippen molar-refractivity contribution >= 4 is 5.97 Å². The highest BCUT2D eigenvalue weighted by atomic mass is 16.5. The zero-order valence-corrected chi connectivity index (χ0v) is 27.7. The second-order valence-electron chi connectivity index (χ2n) is 17.2. The summed E-state index contributed by atoms with van der Waals surface area (Å²) in [5.41, 5.74) is 1.04. The van der Waals surface area contributed by atoms with E-state index in [0.29, 0.717) is 29.5 Å². The van der Waals surface area contributed by atoms with Gasteiger partial charge in [0.15, 0.2) is 6.10 Å². The molecule has 0 aromatic heterocycles. The third-order valence-corrected chi connectivity index (χ3v) is 15.2. The number of carbonyl (C=O) groups is 1. The molecule has 2 heterocycles. The smallest absolute Gasteiger partial charge is 0.338 e. The van der Waals surface area contributed by atoms with Gasteiger partial charge in [0.1, 0.15) is 18.2 Å². The molecular weight excluding hydrogens is 532 g/mol. The molecule has 1 aromatic rings. The maximum atomic E-state index is 13.4. The number of fused-ring (bicyclic) bond motifs is 5. The Morgan fingerprint density at radius 1 is 0.791 bits per heavy atom. The van der Waals surface area contributed by atoms with Gasteiger partial charge in [0, 0.05) is 18.3 Å². The van der Waals surface area contributed by atoms with Crippen LogP contribution in [-0.4, -0.2) is 84.6 Å². The Kier molecular flexibility index (Phi) is 7.82. The van der Waals surface area contributed by atoms with E-state index in [0.717, 1.165) is 27.2 Å². The predicted molar refractivity (Wildman–Crippen MR) is 171 cm³/mol. The van der Waals surface area contributed by atoms with Crippen LogP contribution in [0.15, 0.2) is 30.3 Å². The van der Waals surface area contributed by atoms with Gasteiger partial charge in [0.25, 0.3) is 0 Å². The first-order valence-corrected chi connectivity index (χ1v) is 18.2.